The number of benzene rings is 2. The molecule has 0 radical (unpaired) electrons. The summed E-state index contributed by atoms with van der Waals surface area (Å²) in [5, 5.41) is 9.72. The molecule has 9 rings (SSSR count). The molecule has 4 aromatic rings. The number of nitrogens with one attached hydrogen (secondary N) is 1. The number of aryl methyl sites for hydroxylation is 1. The standard InChI is InChI=1S/C39H47N7O4/c1-4-32(47)46-22-39(23-46)12-16-45(17-13-39)37-29-18-28(25-7-8-25)34(33-24(3)6-9-31-30(33)19-40-43-31)36(49-5-2)35(29)41-38(42-37)50-27-10-14-44(15-11-27)26-20-48-21-26/h4,6,9,18-19,25-27H,1,5,7-8,10-17,20-23H2,2-3H3,(H,40,43). The van der Waals surface area contributed by atoms with Crippen molar-refractivity contribution in [1.82, 2.24) is 30.0 Å². The highest BCUT2D eigenvalue weighted by Gasteiger charge is 2.46. The van der Waals surface area contributed by atoms with Gasteiger partial charge in [-0.2, -0.15) is 15.1 Å². The van der Waals surface area contributed by atoms with Gasteiger partial charge >= 0.3 is 6.01 Å². The van der Waals surface area contributed by atoms with Crippen molar-refractivity contribution >= 4 is 33.5 Å². The van der Waals surface area contributed by atoms with Gasteiger partial charge in [0.15, 0.2) is 5.75 Å². The van der Waals surface area contributed by atoms with Crippen LogP contribution in [-0.2, 0) is 9.53 Å². The number of amides is 1. The minimum Gasteiger partial charge on any atom is -0.491 e. The first kappa shape index (κ1) is 31.7. The third kappa shape index (κ3) is 5.49. The van der Waals surface area contributed by atoms with Crippen LogP contribution in [0.1, 0.15) is 62.5 Å². The number of H-pyrrole nitrogens is 1. The lowest BCUT2D eigenvalue weighted by Gasteiger charge is -2.54. The predicted molar refractivity (Wildman–Crippen MR) is 193 cm³/mol. The Morgan fingerprint density at radius 2 is 1.84 bits per heavy atom. The minimum absolute atomic E-state index is 0.0294. The van der Waals surface area contributed by atoms with Gasteiger partial charge in [-0.3, -0.25) is 14.8 Å². The summed E-state index contributed by atoms with van der Waals surface area (Å²) in [5.74, 6) is 2.22. The Hall–Kier alpha value is -4.22. The van der Waals surface area contributed by atoms with Crippen molar-refractivity contribution < 1.29 is 19.0 Å². The van der Waals surface area contributed by atoms with Crippen molar-refractivity contribution in [1.29, 1.82) is 0 Å². The summed E-state index contributed by atoms with van der Waals surface area (Å²) < 4.78 is 18.9. The predicted octanol–water partition coefficient (Wildman–Crippen LogP) is 5.61. The molecule has 2 aromatic carbocycles. The molecule has 1 aliphatic carbocycles. The molecule has 4 aliphatic heterocycles. The quantitative estimate of drug-likeness (QED) is 0.226. The van der Waals surface area contributed by atoms with E-state index in [1.54, 1.807) is 0 Å². The maximum atomic E-state index is 12.2. The van der Waals surface area contributed by atoms with E-state index < -0.39 is 0 Å². The number of carbonyl (C=O) groups excluding carboxylic acids is 1. The number of carbonyl (C=O) groups is 1. The third-order valence-electron chi connectivity index (χ3n) is 11.9. The molecule has 5 aliphatic rings. The van der Waals surface area contributed by atoms with Gasteiger partial charge in [-0.05, 0) is 93.2 Å². The Morgan fingerprint density at radius 1 is 1.06 bits per heavy atom. The molecule has 0 unspecified atom stereocenters. The summed E-state index contributed by atoms with van der Waals surface area (Å²) in [4.78, 5) is 29.6. The number of nitrogens with zero attached hydrogens (tertiary/aromatic N) is 6. The summed E-state index contributed by atoms with van der Waals surface area (Å²) in [6, 6.07) is 7.60. The van der Waals surface area contributed by atoms with Crippen molar-refractivity contribution in [2.45, 2.75) is 70.4 Å². The second-order valence-electron chi connectivity index (χ2n) is 15.1. The SMILES string of the molecule is C=CC(=O)N1CC2(CCN(c3nc(OC4CCN(C5COC5)CC4)nc4c(OCC)c(-c5c(C)ccc6[nH]ncc56)c(C5CC5)cc34)CC2)C1. The van der Waals surface area contributed by atoms with Crippen LogP contribution in [0.4, 0.5) is 5.82 Å². The molecule has 11 nitrogen and oxygen atoms in total. The van der Waals surface area contributed by atoms with Crippen LogP contribution in [0.3, 0.4) is 0 Å². The molecule has 11 heteroatoms. The molecule has 1 N–H and O–H groups in total. The number of aromatic amines is 1. The lowest BCUT2D eigenvalue weighted by Crippen LogP contribution is -2.61. The van der Waals surface area contributed by atoms with E-state index in [-0.39, 0.29) is 17.4 Å². The molecule has 0 bridgehead atoms. The van der Waals surface area contributed by atoms with Gasteiger partial charge in [0.1, 0.15) is 17.4 Å². The highest BCUT2D eigenvalue weighted by Crippen LogP contribution is 2.53. The zero-order chi connectivity index (χ0) is 34.0. The van der Waals surface area contributed by atoms with Crippen LogP contribution in [0.15, 0.2) is 37.1 Å². The van der Waals surface area contributed by atoms with E-state index in [2.05, 4.69) is 51.7 Å². The first-order valence-electron chi connectivity index (χ1n) is 18.5. The number of aromatic nitrogens is 4. The summed E-state index contributed by atoms with van der Waals surface area (Å²) in [7, 11) is 0. The summed E-state index contributed by atoms with van der Waals surface area (Å²) in [5.41, 5.74) is 6.74. The molecule has 2 aromatic heterocycles. The lowest BCUT2D eigenvalue weighted by atomic mass is 9.72. The van der Waals surface area contributed by atoms with Crippen LogP contribution in [0, 0.1) is 12.3 Å². The first-order chi connectivity index (χ1) is 24.4. The molecular formula is C39H47N7O4. The van der Waals surface area contributed by atoms with Gasteiger partial charge in [0.05, 0.1) is 37.6 Å². The van der Waals surface area contributed by atoms with Crippen molar-refractivity contribution in [2.75, 3.05) is 64.0 Å². The maximum absolute atomic E-state index is 12.2. The van der Waals surface area contributed by atoms with E-state index in [4.69, 9.17) is 24.2 Å². The van der Waals surface area contributed by atoms with E-state index in [1.807, 2.05) is 18.0 Å². The number of piperidine rings is 2. The van der Waals surface area contributed by atoms with Crippen molar-refractivity contribution in [3.63, 3.8) is 0 Å². The number of ether oxygens (including phenoxy) is 3. The van der Waals surface area contributed by atoms with E-state index >= 15 is 0 Å². The highest BCUT2D eigenvalue weighted by atomic mass is 16.5. The van der Waals surface area contributed by atoms with E-state index in [9.17, 15) is 4.79 Å². The fraction of sp³-hybridized carbons (Fsp3) is 0.538. The molecule has 1 saturated carbocycles. The largest absolute Gasteiger partial charge is 0.491 e. The topological polar surface area (TPSA) is 109 Å². The molecular weight excluding hydrogens is 630 g/mol. The smallest absolute Gasteiger partial charge is 0.319 e. The van der Waals surface area contributed by atoms with Crippen LogP contribution in [0.25, 0.3) is 32.9 Å². The normalized spacial score (nSPS) is 21.4. The lowest BCUT2D eigenvalue weighted by molar-refractivity contribution is -0.139. The first-order valence-corrected chi connectivity index (χ1v) is 18.5. The monoisotopic (exact) mass is 677 g/mol. The molecule has 0 atom stereocenters. The highest BCUT2D eigenvalue weighted by molar-refractivity contribution is 6.06. The molecule has 4 saturated heterocycles. The fourth-order valence-corrected chi connectivity index (χ4v) is 8.73. The Morgan fingerprint density at radius 3 is 2.52 bits per heavy atom. The van der Waals surface area contributed by atoms with Crippen LogP contribution in [0.5, 0.6) is 11.8 Å². The molecule has 5 fully saturated rings. The summed E-state index contributed by atoms with van der Waals surface area (Å²) in [6.45, 7) is 15.4. The molecule has 1 amide bonds. The number of hydrogen-bond donors (Lipinski definition) is 1. The average molecular weight is 678 g/mol. The van der Waals surface area contributed by atoms with Gasteiger partial charge in [-0.25, -0.2) is 0 Å². The van der Waals surface area contributed by atoms with Gasteiger partial charge in [0.2, 0.25) is 5.91 Å². The molecule has 6 heterocycles. The maximum Gasteiger partial charge on any atom is 0.319 e. The van der Waals surface area contributed by atoms with Crippen molar-refractivity contribution in [3.8, 4) is 22.9 Å². The van der Waals surface area contributed by atoms with Crippen LogP contribution < -0.4 is 14.4 Å². The van der Waals surface area contributed by atoms with Crippen molar-refractivity contribution in [3.05, 3.63) is 48.2 Å². The Balaban J connectivity index is 1.14. The summed E-state index contributed by atoms with van der Waals surface area (Å²) in [6.07, 6.45) is 9.60. The molecule has 262 valence electrons. The number of rotatable bonds is 9. The fourth-order valence-electron chi connectivity index (χ4n) is 8.73. The number of likely N-dealkylation sites (tertiary alicyclic amines) is 2. The number of hydrogen-bond acceptors (Lipinski definition) is 9. The van der Waals surface area contributed by atoms with E-state index in [0.29, 0.717) is 24.6 Å². The summed E-state index contributed by atoms with van der Waals surface area (Å²) >= 11 is 0. The Labute approximate surface area is 293 Å². The van der Waals surface area contributed by atoms with Gasteiger partial charge < -0.3 is 24.0 Å². The average Bonchev–Trinajstić information content (AvgIpc) is 3.83. The molecule has 50 heavy (non-hydrogen) atoms. The van der Waals surface area contributed by atoms with Crippen LogP contribution in [-0.4, -0.2) is 107 Å². The Bertz CT molecular complexity index is 1940. The van der Waals surface area contributed by atoms with Crippen LogP contribution in [0.2, 0.25) is 0 Å². The van der Waals surface area contributed by atoms with Gasteiger partial charge in [-0.1, -0.05) is 12.6 Å². The second-order valence-corrected chi connectivity index (χ2v) is 15.1. The number of anilines is 1. The van der Waals surface area contributed by atoms with Gasteiger partial charge in [0.25, 0.3) is 0 Å². The van der Waals surface area contributed by atoms with Crippen LogP contribution >= 0.6 is 0 Å². The zero-order valence-corrected chi connectivity index (χ0v) is 29.2. The molecule has 1 spiro atoms. The number of fused-ring (bicyclic) bond motifs is 2. The Kier molecular flexibility index (Phi) is 7.95. The van der Waals surface area contributed by atoms with Gasteiger partial charge in [0, 0.05) is 61.0 Å². The minimum atomic E-state index is 0.0294. The van der Waals surface area contributed by atoms with E-state index in [1.165, 1.54) is 17.2 Å². The second kappa shape index (κ2) is 12.5. The third-order valence-corrected chi connectivity index (χ3v) is 11.9. The van der Waals surface area contributed by atoms with E-state index in [0.717, 1.165) is 136 Å². The zero-order valence-electron chi connectivity index (χ0n) is 29.2. The van der Waals surface area contributed by atoms with Gasteiger partial charge in [-0.15, -0.1) is 0 Å². The van der Waals surface area contributed by atoms with Crippen molar-refractivity contribution in [2.24, 2.45) is 5.41 Å².